The first-order valence-corrected chi connectivity index (χ1v) is 8.65. The van der Waals surface area contributed by atoms with E-state index in [2.05, 4.69) is 27.2 Å². The predicted octanol–water partition coefficient (Wildman–Crippen LogP) is 3.87. The first-order valence-electron chi connectivity index (χ1n) is 7.86. The molecular weight excluding hydrogens is 342 g/mol. The fourth-order valence-corrected chi connectivity index (χ4v) is 3.14. The Bertz CT molecular complexity index is 700. The summed E-state index contributed by atoms with van der Waals surface area (Å²) in [6, 6.07) is 15.7. The minimum Gasteiger partial charge on any atom is -0.497 e. The van der Waals surface area contributed by atoms with E-state index >= 15 is 0 Å². The molecule has 24 heavy (non-hydrogen) atoms. The predicted molar refractivity (Wildman–Crippen MR) is 104 cm³/mol. The molecule has 1 fully saturated rings. The summed E-state index contributed by atoms with van der Waals surface area (Å²) in [5.74, 6) is 0.884. The Kier molecular flexibility index (Phi) is 5.43. The van der Waals surface area contributed by atoms with Crippen molar-refractivity contribution in [1.29, 1.82) is 0 Å². The molecule has 3 rings (SSSR count). The number of piperazine rings is 1. The van der Waals surface area contributed by atoms with Crippen molar-refractivity contribution in [3.63, 3.8) is 0 Å². The van der Waals surface area contributed by atoms with Crippen LogP contribution in [0.3, 0.4) is 0 Å². The zero-order valence-corrected chi connectivity index (χ0v) is 15.1. The maximum absolute atomic E-state index is 5.91. The van der Waals surface area contributed by atoms with E-state index in [1.165, 1.54) is 5.69 Å². The lowest BCUT2D eigenvalue weighted by Gasteiger charge is -2.37. The highest BCUT2D eigenvalue weighted by molar-refractivity contribution is 7.80. The number of rotatable bonds is 3. The van der Waals surface area contributed by atoms with E-state index < -0.39 is 0 Å². The molecule has 2 aromatic rings. The molecule has 1 N–H and O–H groups in total. The Labute approximate surface area is 153 Å². The van der Waals surface area contributed by atoms with Crippen LogP contribution in [0.4, 0.5) is 11.4 Å². The molecular formula is C18H20ClN3OS. The van der Waals surface area contributed by atoms with Gasteiger partial charge < -0.3 is 19.9 Å². The molecule has 0 amide bonds. The van der Waals surface area contributed by atoms with Crippen LogP contribution in [-0.2, 0) is 0 Å². The Morgan fingerprint density at radius 3 is 2.46 bits per heavy atom. The van der Waals surface area contributed by atoms with Crippen molar-refractivity contribution >= 4 is 40.3 Å². The van der Waals surface area contributed by atoms with E-state index in [-0.39, 0.29) is 0 Å². The Morgan fingerprint density at radius 1 is 1.08 bits per heavy atom. The quantitative estimate of drug-likeness (QED) is 0.838. The van der Waals surface area contributed by atoms with Gasteiger partial charge in [-0.1, -0.05) is 17.7 Å². The molecule has 126 valence electrons. The number of methoxy groups -OCH3 is 1. The van der Waals surface area contributed by atoms with Gasteiger partial charge in [0.25, 0.3) is 0 Å². The molecule has 0 radical (unpaired) electrons. The number of nitrogens with zero attached hydrogens (tertiary/aromatic N) is 2. The molecule has 0 saturated carbocycles. The molecule has 0 unspecified atom stereocenters. The van der Waals surface area contributed by atoms with Crippen LogP contribution in [-0.4, -0.2) is 43.3 Å². The fourth-order valence-electron chi connectivity index (χ4n) is 2.71. The van der Waals surface area contributed by atoms with Crippen LogP contribution < -0.4 is 15.0 Å². The van der Waals surface area contributed by atoms with Gasteiger partial charge in [0.15, 0.2) is 5.11 Å². The Morgan fingerprint density at radius 2 is 1.79 bits per heavy atom. The maximum atomic E-state index is 5.91. The summed E-state index contributed by atoms with van der Waals surface area (Å²) in [5.41, 5.74) is 2.14. The Hall–Kier alpha value is -1.98. The largest absolute Gasteiger partial charge is 0.497 e. The van der Waals surface area contributed by atoms with E-state index in [0.717, 1.165) is 47.8 Å². The highest BCUT2D eigenvalue weighted by atomic mass is 35.5. The molecule has 1 aliphatic heterocycles. The number of thiocarbonyl (C=S) groups is 1. The summed E-state index contributed by atoms with van der Waals surface area (Å²) < 4.78 is 5.30. The lowest BCUT2D eigenvalue weighted by molar-refractivity contribution is 0.389. The highest BCUT2D eigenvalue weighted by Gasteiger charge is 2.19. The average molecular weight is 362 g/mol. The molecule has 0 bridgehead atoms. The van der Waals surface area contributed by atoms with Crippen LogP contribution in [0.15, 0.2) is 48.5 Å². The minimum absolute atomic E-state index is 0.721. The third-order valence-electron chi connectivity index (χ3n) is 4.08. The van der Waals surface area contributed by atoms with Crippen molar-refractivity contribution in [3.8, 4) is 5.75 Å². The third kappa shape index (κ3) is 4.10. The maximum Gasteiger partial charge on any atom is 0.173 e. The van der Waals surface area contributed by atoms with Gasteiger partial charge >= 0.3 is 0 Å². The third-order valence-corrected chi connectivity index (χ3v) is 4.69. The second-order valence-electron chi connectivity index (χ2n) is 5.61. The van der Waals surface area contributed by atoms with Crippen LogP contribution >= 0.6 is 23.8 Å². The summed E-state index contributed by atoms with van der Waals surface area (Å²) in [6.07, 6.45) is 0. The van der Waals surface area contributed by atoms with Crippen LogP contribution in [0.1, 0.15) is 0 Å². The van der Waals surface area contributed by atoms with E-state index in [0.29, 0.717) is 0 Å². The van der Waals surface area contributed by atoms with Gasteiger partial charge in [0.05, 0.1) is 7.11 Å². The summed E-state index contributed by atoms with van der Waals surface area (Å²) in [4.78, 5) is 4.55. The zero-order valence-electron chi connectivity index (χ0n) is 13.5. The first kappa shape index (κ1) is 16.9. The molecule has 0 aromatic heterocycles. The second kappa shape index (κ2) is 7.73. The topological polar surface area (TPSA) is 27.7 Å². The van der Waals surface area contributed by atoms with Crippen LogP contribution in [0.5, 0.6) is 5.75 Å². The van der Waals surface area contributed by atoms with Gasteiger partial charge in [-0.3, -0.25) is 0 Å². The fraction of sp³-hybridized carbons (Fsp3) is 0.278. The molecule has 1 aliphatic rings. The Balaban J connectivity index is 1.56. The molecule has 6 heteroatoms. The van der Waals surface area contributed by atoms with Gasteiger partial charge in [-0.2, -0.15) is 0 Å². The number of nitrogens with one attached hydrogen (secondary N) is 1. The van der Waals surface area contributed by atoms with E-state index in [1.54, 1.807) is 7.11 Å². The summed E-state index contributed by atoms with van der Waals surface area (Å²) >= 11 is 11.4. The van der Waals surface area contributed by atoms with Gasteiger partial charge in [0.1, 0.15) is 5.75 Å². The van der Waals surface area contributed by atoms with Gasteiger partial charge in [-0.15, -0.1) is 0 Å². The molecule has 1 saturated heterocycles. The van der Waals surface area contributed by atoms with Gasteiger partial charge in [-0.25, -0.2) is 0 Å². The zero-order chi connectivity index (χ0) is 16.9. The lowest BCUT2D eigenvalue weighted by Crippen LogP contribution is -2.50. The van der Waals surface area contributed by atoms with Crippen molar-refractivity contribution in [2.75, 3.05) is 43.5 Å². The first-order chi connectivity index (χ1) is 11.7. The molecule has 2 aromatic carbocycles. The minimum atomic E-state index is 0.721. The van der Waals surface area contributed by atoms with Crippen molar-refractivity contribution in [3.05, 3.63) is 53.6 Å². The van der Waals surface area contributed by atoms with Crippen LogP contribution in [0.2, 0.25) is 5.02 Å². The number of hydrogen-bond acceptors (Lipinski definition) is 3. The van der Waals surface area contributed by atoms with Gasteiger partial charge in [-0.05, 0) is 48.6 Å². The van der Waals surface area contributed by atoms with Crippen molar-refractivity contribution in [1.82, 2.24) is 4.90 Å². The molecule has 0 spiro atoms. The van der Waals surface area contributed by atoms with E-state index in [4.69, 9.17) is 28.6 Å². The SMILES string of the molecule is COc1cccc(N2CCN(C(=S)Nc3ccc(Cl)cc3)CC2)c1. The number of halogens is 1. The standard InChI is InChI=1S/C18H20ClN3OS/c1-23-17-4-2-3-16(13-17)21-9-11-22(12-10-21)18(24)20-15-7-5-14(19)6-8-15/h2-8,13H,9-12H2,1H3,(H,20,24). The van der Waals surface area contributed by atoms with Crippen molar-refractivity contribution < 1.29 is 4.74 Å². The van der Waals surface area contributed by atoms with Crippen LogP contribution in [0, 0.1) is 0 Å². The summed E-state index contributed by atoms with van der Waals surface area (Å²) in [5, 5.41) is 4.75. The number of benzene rings is 2. The molecule has 0 aliphatic carbocycles. The molecule has 1 heterocycles. The summed E-state index contributed by atoms with van der Waals surface area (Å²) in [7, 11) is 1.69. The van der Waals surface area contributed by atoms with Crippen molar-refractivity contribution in [2.24, 2.45) is 0 Å². The lowest BCUT2D eigenvalue weighted by atomic mass is 10.2. The highest BCUT2D eigenvalue weighted by Crippen LogP contribution is 2.22. The molecule has 4 nitrogen and oxygen atoms in total. The van der Waals surface area contributed by atoms with Crippen molar-refractivity contribution in [2.45, 2.75) is 0 Å². The monoisotopic (exact) mass is 361 g/mol. The number of ether oxygens (including phenoxy) is 1. The van der Waals surface area contributed by atoms with Gasteiger partial charge in [0.2, 0.25) is 0 Å². The van der Waals surface area contributed by atoms with Gasteiger partial charge in [0, 0.05) is 48.6 Å². The number of hydrogen-bond donors (Lipinski definition) is 1. The number of anilines is 2. The second-order valence-corrected chi connectivity index (χ2v) is 6.44. The average Bonchev–Trinajstić information content (AvgIpc) is 2.64. The smallest absolute Gasteiger partial charge is 0.173 e. The van der Waals surface area contributed by atoms with E-state index in [1.807, 2.05) is 36.4 Å². The van der Waals surface area contributed by atoms with E-state index in [9.17, 15) is 0 Å². The molecule has 0 atom stereocenters. The summed E-state index contributed by atoms with van der Waals surface area (Å²) in [6.45, 7) is 3.62. The van der Waals surface area contributed by atoms with Crippen LogP contribution in [0.25, 0.3) is 0 Å². The normalized spacial score (nSPS) is 14.4.